The maximum absolute atomic E-state index is 13.0. The zero-order valence-electron chi connectivity index (χ0n) is 18.4. The Morgan fingerprint density at radius 3 is 2.44 bits per heavy atom. The molecular weight excluding hydrogens is 468 g/mol. The molecule has 1 saturated carbocycles. The molecule has 0 spiro atoms. The maximum atomic E-state index is 13.0. The van der Waals surface area contributed by atoms with Gasteiger partial charge in [0.05, 0.1) is 6.04 Å². The molecule has 1 aliphatic carbocycles. The lowest BCUT2D eigenvalue weighted by Gasteiger charge is -2.37. The molecule has 7 heteroatoms. The third-order valence-electron chi connectivity index (χ3n) is 6.69. The second-order valence-electron chi connectivity index (χ2n) is 8.86. The molecule has 0 N–H and O–H groups in total. The van der Waals surface area contributed by atoms with Gasteiger partial charge in [0.25, 0.3) is 0 Å². The normalized spacial score (nSPS) is 22.0. The molecule has 2 heterocycles. The molecule has 32 heavy (non-hydrogen) atoms. The number of benzene rings is 2. The highest BCUT2D eigenvalue weighted by atomic mass is 79.9. The van der Waals surface area contributed by atoms with Crippen molar-refractivity contribution in [2.24, 2.45) is 5.92 Å². The Kier molecular flexibility index (Phi) is 5.86. The van der Waals surface area contributed by atoms with Crippen LogP contribution in [0, 0.1) is 12.8 Å². The second-order valence-corrected chi connectivity index (χ2v) is 9.78. The number of nitrogens with zero attached hydrogens (tertiary/aromatic N) is 4. The Balaban J connectivity index is 1.16. The van der Waals surface area contributed by atoms with Crippen molar-refractivity contribution >= 4 is 21.8 Å². The van der Waals surface area contributed by atoms with Gasteiger partial charge in [0.2, 0.25) is 17.6 Å². The third kappa shape index (κ3) is 4.36. The Bertz CT molecular complexity index is 1090. The first-order chi connectivity index (χ1) is 15.5. The van der Waals surface area contributed by atoms with Gasteiger partial charge in [-0.3, -0.25) is 9.69 Å². The van der Waals surface area contributed by atoms with Gasteiger partial charge < -0.3 is 9.42 Å². The molecule has 2 aliphatic rings. The number of carbonyl (C=O) groups is 1. The molecular formula is C25H27BrN4O2. The van der Waals surface area contributed by atoms with Crippen molar-refractivity contribution in [2.75, 3.05) is 26.2 Å². The maximum Gasteiger partial charge on any atom is 0.244 e. The van der Waals surface area contributed by atoms with Crippen LogP contribution in [0.2, 0.25) is 0 Å². The van der Waals surface area contributed by atoms with Gasteiger partial charge in [-0.05, 0) is 43.9 Å². The lowest BCUT2D eigenvalue weighted by Crippen LogP contribution is -2.49. The van der Waals surface area contributed by atoms with E-state index in [1.165, 1.54) is 11.1 Å². The molecule has 0 radical (unpaired) electrons. The summed E-state index contributed by atoms with van der Waals surface area (Å²) in [6.45, 7) is 7.25. The average Bonchev–Trinajstić information content (AvgIpc) is 3.46. The smallest absolute Gasteiger partial charge is 0.244 e. The van der Waals surface area contributed by atoms with Crippen LogP contribution in [0.15, 0.2) is 57.5 Å². The van der Waals surface area contributed by atoms with Gasteiger partial charge in [-0.2, -0.15) is 4.98 Å². The molecule has 2 aromatic carbocycles. The van der Waals surface area contributed by atoms with Gasteiger partial charge in [0, 0.05) is 42.1 Å². The van der Waals surface area contributed by atoms with Crippen molar-refractivity contribution in [3.05, 3.63) is 70.0 Å². The molecule has 6 nitrogen and oxygen atoms in total. The fourth-order valence-electron chi connectivity index (χ4n) is 4.49. The standard InChI is InChI=1S/C25H27BrN4O2/c1-16-3-5-19(6-4-16)23-27-24(32-28-23)17(2)29-11-13-30(14-12-29)25(31)22-15-21(22)18-7-9-20(26)10-8-18/h3-10,17,21-22H,11-15H2,1-2H3. The van der Waals surface area contributed by atoms with Crippen molar-refractivity contribution in [3.63, 3.8) is 0 Å². The highest BCUT2D eigenvalue weighted by Crippen LogP contribution is 2.48. The summed E-state index contributed by atoms with van der Waals surface area (Å²) in [6.07, 6.45) is 0.959. The predicted octanol–water partition coefficient (Wildman–Crippen LogP) is 4.82. The van der Waals surface area contributed by atoms with Crippen LogP contribution in [-0.4, -0.2) is 52.0 Å². The summed E-state index contributed by atoms with van der Waals surface area (Å²) in [5, 5.41) is 4.17. The molecule has 0 bridgehead atoms. The molecule has 166 valence electrons. The Morgan fingerprint density at radius 1 is 1.06 bits per heavy atom. The largest absolute Gasteiger partial charge is 0.340 e. The van der Waals surface area contributed by atoms with E-state index in [1.807, 2.05) is 29.2 Å². The predicted molar refractivity (Wildman–Crippen MR) is 126 cm³/mol. The van der Waals surface area contributed by atoms with E-state index in [0.717, 1.165) is 42.6 Å². The summed E-state index contributed by atoms with van der Waals surface area (Å²) in [5.41, 5.74) is 3.42. The minimum absolute atomic E-state index is 0.0235. The van der Waals surface area contributed by atoms with Gasteiger partial charge >= 0.3 is 0 Å². The van der Waals surface area contributed by atoms with Crippen LogP contribution in [0.5, 0.6) is 0 Å². The summed E-state index contributed by atoms with van der Waals surface area (Å²) < 4.78 is 6.64. The number of carbonyl (C=O) groups excluding carboxylic acids is 1. The van der Waals surface area contributed by atoms with E-state index in [0.29, 0.717) is 23.5 Å². The van der Waals surface area contributed by atoms with Crippen molar-refractivity contribution < 1.29 is 9.32 Å². The molecule has 1 aliphatic heterocycles. The lowest BCUT2D eigenvalue weighted by atomic mass is 10.1. The monoisotopic (exact) mass is 494 g/mol. The zero-order chi connectivity index (χ0) is 22.2. The van der Waals surface area contributed by atoms with E-state index in [4.69, 9.17) is 4.52 Å². The summed E-state index contributed by atoms with van der Waals surface area (Å²) in [7, 11) is 0. The number of aryl methyl sites for hydroxylation is 1. The number of piperazine rings is 1. The van der Waals surface area contributed by atoms with E-state index in [9.17, 15) is 4.79 Å². The SMILES string of the molecule is Cc1ccc(-c2noc(C(C)N3CCN(C(=O)C4CC4c4ccc(Br)cc4)CC3)n2)cc1. The van der Waals surface area contributed by atoms with Gasteiger partial charge in [-0.15, -0.1) is 0 Å². The van der Waals surface area contributed by atoms with Crippen molar-refractivity contribution in [1.29, 1.82) is 0 Å². The Morgan fingerprint density at radius 2 is 1.75 bits per heavy atom. The molecule has 1 amide bonds. The van der Waals surface area contributed by atoms with E-state index in [-0.39, 0.29) is 12.0 Å². The summed E-state index contributed by atoms with van der Waals surface area (Å²) in [5.74, 6) is 2.04. The number of hydrogen-bond donors (Lipinski definition) is 0. The Labute approximate surface area is 196 Å². The summed E-state index contributed by atoms with van der Waals surface area (Å²) in [6, 6.07) is 16.5. The first-order valence-electron chi connectivity index (χ1n) is 11.2. The molecule has 3 aromatic rings. The van der Waals surface area contributed by atoms with Gasteiger partial charge in [-0.1, -0.05) is 63.0 Å². The Hall–Kier alpha value is -2.51. The summed E-state index contributed by atoms with van der Waals surface area (Å²) >= 11 is 3.48. The number of aromatic nitrogens is 2. The van der Waals surface area contributed by atoms with Crippen LogP contribution >= 0.6 is 15.9 Å². The van der Waals surface area contributed by atoms with Crippen molar-refractivity contribution in [1.82, 2.24) is 19.9 Å². The van der Waals surface area contributed by atoms with Crippen LogP contribution < -0.4 is 0 Å². The quantitative estimate of drug-likeness (QED) is 0.508. The van der Waals surface area contributed by atoms with Crippen LogP contribution in [0.1, 0.15) is 42.3 Å². The van der Waals surface area contributed by atoms with E-state index in [1.54, 1.807) is 0 Å². The molecule has 5 rings (SSSR count). The molecule has 3 unspecified atom stereocenters. The second kappa shape index (κ2) is 8.79. The molecule has 1 aromatic heterocycles. The van der Waals surface area contributed by atoms with Crippen LogP contribution in [0.25, 0.3) is 11.4 Å². The van der Waals surface area contributed by atoms with Crippen LogP contribution in [0.4, 0.5) is 0 Å². The van der Waals surface area contributed by atoms with Crippen molar-refractivity contribution in [2.45, 2.75) is 32.2 Å². The van der Waals surface area contributed by atoms with Gasteiger partial charge in [-0.25, -0.2) is 0 Å². The number of hydrogen-bond acceptors (Lipinski definition) is 5. The topological polar surface area (TPSA) is 62.5 Å². The van der Waals surface area contributed by atoms with E-state index in [2.05, 4.69) is 69.1 Å². The third-order valence-corrected chi connectivity index (χ3v) is 7.22. The molecule has 2 fully saturated rings. The van der Waals surface area contributed by atoms with Gasteiger partial charge in [0.15, 0.2) is 0 Å². The van der Waals surface area contributed by atoms with Gasteiger partial charge in [0.1, 0.15) is 0 Å². The number of rotatable bonds is 5. The number of amides is 1. The molecule has 3 atom stereocenters. The number of halogens is 1. The average molecular weight is 495 g/mol. The lowest BCUT2D eigenvalue weighted by molar-refractivity contribution is -0.134. The molecule has 1 saturated heterocycles. The van der Waals surface area contributed by atoms with E-state index >= 15 is 0 Å². The zero-order valence-corrected chi connectivity index (χ0v) is 20.0. The fourth-order valence-corrected chi connectivity index (χ4v) is 4.76. The van der Waals surface area contributed by atoms with Crippen LogP contribution in [-0.2, 0) is 4.79 Å². The minimum atomic E-state index is 0.0235. The first kappa shape index (κ1) is 21.3. The van der Waals surface area contributed by atoms with Crippen LogP contribution in [0.3, 0.4) is 0 Å². The highest BCUT2D eigenvalue weighted by molar-refractivity contribution is 9.10. The van der Waals surface area contributed by atoms with E-state index < -0.39 is 0 Å². The summed E-state index contributed by atoms with van der Waals surface area (Å²) in [4.78, 5) is 22.0. The minimum Gasteiger partial charge on any atom is -0.340 e. The highest BCUT2D eigenvalue weighted by Gasteiger charge is 2.46. The fraction of sp³-hybridized carbons (Fsp3) is 0.400. The van der Waals surface area contributed by atoms with Crippen molar-refractivity contribution in [3.8, 4) is 11.4 Å². The first-order valence-corrected chi connectivity index (χ1v) is 12.0.